The maximum Gasteiger partial charge on any atom is 0.325 e. The lowest BCUT2D eigenvalue weighted by atomic mass is 10.2. The maximum absolute atomic E-state index is 12.3. The Bertz CT molecular complexity index is 664. The van der Waals surface area contributed by atoms with Crippen LogP contribution in [0.15, 0.2) is 4.90 Å². The lowest BCUT2D eigenvalue weighted by Gasteiger charge is -2.12. The SMILES string of the molecule is Cc1nn(CC(=O)O)c(C)c1S(=O)(=O)NC(C)CC(N)=O. The number of aliphatic carboxylic acids is 1. The number of carboxylic acids is 1. The lowest BCUT2D eigenvalue weighted by Crippen LogP contribution is -2.36. The summed E-state index contributed by atoms with van der Waals surface area (Å²) in [6.45, 7) is 4.02. The summed E-state index contributed by atoms with van der Waals surface area (Å²) in [7, 11) is -3.92. The largest absolute Gasteiger partial charge is 0.480 e. The van der Waals surface area contributed by atoms with Crippen LogP contribution < -0.4 is 10.5 Å². The first kappa shape index (κ1) is 17.1. The van der Waals surface area contributed by atoms with Crippen LogP contribution in [-0.2, 0) is 26.2 Å². The van der Waals surface area contributed by atoms with E-state index >= 15 is 0 Å². The zero-order valence-electron chi connectivity index (χ0n) is 12.0. The summed E-state index contributed by atoms with van der Waals surface area (Å²) in [5.74, 6) is -1.75. The Morgan fingerprint density at radius 1 is 1.43 bits per heavy atom. The van der Waals surface area contributed by atoms with Crippen LogP contribution in [0.2, 0.25) is 0 Å². The van der Waals surface area contributed by atoms with Crippen molar-refractivity contribution in [1.82, 2.24) is 14.5 Å². The monoisotopic (exact) mass is 318 g/mol. The highest BCUT2D eigenvalue weighted by Crippen LogP contribution is 2.19. The van der Waals surface area contributed by atoms with Crippen LogP contribution in [0.1, 0.15) is 24.7 Å². The first-order valence-electron chi connectivity index (χ1n) is 6.11. The van der Waals surface area contributed by atoms with Gasteiger partial charge in [-0.3, -0.25) is 14.3 Å². The minimum atomic E-state index is -3.92. The molecule has 21 heavy (non-hydrogen) atoms. The minimum Gasteiger partial charge on any atom is -0.480 e. The molecule has 0 aliphatic heterocycles. The van der Waals surface area contributed by atoms with Crippen LogP contribution in [0, 0.1) is 13.8 Å². The molecule has 0 aliphatic rings. The van der Waals surface area contributed by atoms with E-state index in [1.54, 1.807) is 0 Å². The number of amides is 1. The van der Waals surface area contributed by atoms with Crippen molar-refractivity contribution in [2.75, 3.05) is 0 Å². The van der Waals surface area contributed by atoms with Gasteiger partial charge in [0.25, 0.3) is 0 Å². The molecule has 0 spiro atoms. The summed E-state index contributed by atoms with van der Waals surface area (Å²) in [5, 5.41) is 12.7. The van der Waals surface area contributed by atoms with Crippen molar-refractivity contribution in [2.24, 2.45) is 5.73 Å². The fourth-order valence-electron chi connectivity index (χ4n) is 2.02. The number of nitrogens with one attached hydrogen (secondary N) is 1. The predicted octanol–water partition coefficient (Wildman–Crippen LogP) is -0.873. The first-order chi connectivity index (χ1) is 9.54. The topological polar surface area (TPSA) is 144 Å². The molecular formula is C11H18N4O5S. The second kappa shape index (κ2) is 6.22. The standard InChI is InChI=1S/C11H18N4O5S/c1-6(4-9(12)16)14-21(19,20)11-7(2)13-15(8(11)3)5-10(17)18/h6,14H,4-5H2,1-3H3,(H2,12,16)(H,17,18). The van der Waals surface area contributed by atoms with Crippen LogP contribution in [0.5, 0.6) is 0 Å². The number of primary amides is 1. The molecule has 1 atom stereocenters. The summed E-state index contributed by atoms with van der Waals surface area (Å²) in [6.07, 6.45) is -0.138. The van der Waals surface area contributed by atoms with Gasteiger partial charge in [0.15, 0.2) is 0 Å². The highest BCUT2D eigenvalue weighted by Gasteiger charge is 2.27. The number of hydrogen-bond donors (Lipinski definition) is 3. The zero-order chi connectivity index (χ0) is 16.4. The van der Waals surface area contributed by atoms with Gasteiger partial charge in [-0.15, -0.1) is 0 Å². The molecule has 0 radical (unpaired) electrons. The third kappa shape index (κ3) is 4.26. The first-order valence-corrected chi connectivity index (χ1v) is 7.59. The smallest absolute Gasteiger partial charge is 0.325 e. The summed E-state index contributed by atoms with van der Waals surface area (Å²) in [5.41, 5.74) is 5.42. The van der Waals surface area contributed by atoms with Gasteiger partial charge in [0, 0.05) is 12.5 Å². The summed E-state index contributed by atoms with van der Waals surface area (Å²) in [6, 6.07) is -0.672. The number of carbonyl (C=O) groups excluding carboxylic acids is 1. The number of hydrogen-bond acceptors (Lipinski definition) is 5. The van der Waals surface area contributed by atoms with Crippen molar-refractivity contribution in [1.29, 1.82) is 0 Å². The van der Waals surface area contributed by atoms with E-state index in [0.29, 0.717) is 0 Å². The Morgan fingerprint density at radius 3 is 2.48 bits per heavy atom. The molecule has 118 valence electrons. The van der Waals surface area contributed by atoms with Gasteiger partial charge in [0.1, 0.15) is 11.4 Å². The van der Waals surface area contributed by atoms with Crippen LogP contribution >= 0.6 is 0 Å². The van der Waals surface area contributed by atoms with Gasteiger partial charge in [-0.05, 0) is 20.8 Å². The highest BCUT2D eigenvalue weighted by molar-refractivity contribution is 7.89. The van der Waals surface area contributed by atoms with E-state index in [0.717, 1.165) is 4.68 Å². The van der Waals surface area contributed by atoms with Crippen LogP contribution in [0.3, 0.4) is 0 Å². The van der Waals surface area contributed by atoms with Gasteiger partial charge < -0.3 is 10.8 Å². The van der Waals surface area contributed by atoms with E-state index < -0.39 is 34.5 Å². The lowest BCUT2D eigenvalue weighted by molar-refractivity contribution is -0.138. The Balaban J connectivity index is 3.11. The van der Waals surface area contributed by atoms with Crippen molar-refractivity contribution in [2.45, 2.75) is 44.7 Å². The molecule has 0 saturated carbocycles. The fourth-order valence-corrected chi connectivity index (χ4v) is 3.67. The third-order valence-electron chi connectivity index (χ3n) is 2.73. The average molecular weight is 318 g/mol. The molecule has 0 saturated heterocycles. The van der Waals surface area contributed by atoms with Crippen LogP contribution in [0.4, 0.5) is 0 Å². The minimum absolute atomic E-state index is 0.0833. The number of carboxylic acid groups (broad SMARTS) is 1. The van der Waals surface area contributed by atoms with Crippen LogP contribution in [0.25, 0.3) is 0 Å². The molecule has 1 rings (SSSR count). The predicted molar refractivity (Wildman–Crippen MR) is 72.9 cm³/mol. The van der Waals surface area contributed by atoms with Gasteiger partial charge in [0.2, 0.25) is 15.9 Å². The van der Waals surface area contributed by atoms with Gasteiger partial charge in [-0.25, -0.2) is 13.1 Å². The summed E-state index contributed by atoms with van der Waals surface area (Å²) >= 11 is 0. The molecule has 0 aromatic carbocycles. The molecule has 1 aromatic rings. The molecule has 0 bridgehead atoms. The molecule has 1 heterocycles. The number of sulfonamides is 1. The van der Waals surface area contributed by atoms with Crippen molar-refractivity contribution in [3.05, 3.63) is 11.4 Å². The third-order valence-corrected chi connectivity index (χ3v) is 4.57. The second-order valence-corrected chi connectivity index (χ2v) is 6.39. The number of carbonyl (C=O) groups is 2. The Labute approximate surface area is 122 Å². The molecule has 1 unspecified atom stereocenters. The van der Waals surface area contributed by atoms with Gasteiger partial charge in [0.05, 0.1) is 11.4 Å². The van der Waals surface area contributed by atoms with E-state index in [1.165, 1.54) is 20.8 Å². The molecule has 10 heteroatoms. The maximum atomic E-state index is 12.3. The zero-order valence-corrected chi connectivity index (χ0v) is 12.8. The van der Waals surface area contributed by atoms with E-state index in [1.807, 2.05) is 0 Å². The average Bonchev–Trinajstić information content (AvgIpc) is 2.50. The normalized spacial score (nSPS) is 13.1. The molecule has 0 fully saturated rings. The molecule has 0 aliphatic carbocycles. The highest BCUT2D eigenvalue weighted by atomic mass is 32.2. The van der Waals surface area contributed by atoms with E-state index in [9.17, 15) is 18.0 Å². The van der Waals surface area contributed by atoms with Crippen molar-refractivity contribution in [3.8, 4) is 0 Å². The summed E-state index contributed by atoms with van der Waals surface area (Å²) < 4.78 is 28.0. The fraction of sp³-hybridized carbons (Fsp3) is 0.545. The van der Waals surface area contributed by atoms with Gasteiger partial charge in [-0.2, -0.15) is 5.10 Å². The van der Waals surface area contributed by atoms with Crippen LogP contribution in [-0.4, -0.2) is 41.2 Å². The number of nitrogens with zero attached hydrogens (tertiary/aromatic N) is 2. The Hall–Kier alpha value is -1.94. The summed E-state index contributed by atoms with van der Waals surface area (Å²) in [4.78, 5) is 21.4. The van der Waals surface area contributed by atoms with E-state index in [-0.39, 0.29) is 22.7 Å². The second-order valence-electron chi connectivity index (χ2n) is 4.74. The van der Waals surface area contributed by atoms with Gasteiger partial charge in [-0.1, -0.05) is 0 Å². The molecule has 1 amide bonds. The van der Waals surface area contributed by atoms with Crippen molar-refractivity contribution < 1.29 is 23.1 Å². The number of rotatable bonds is 7. The number of aryl methyl sites for hydroxylation is 1. The molecule has 9 nitrogen and oxygen atoms in total. The van der Waals surface area contributed by atoms with Gasteiger partial charge >= 0.3 is 5.97 Å². The molecular weight excluding hydrogens is 300 g/mol. The van der Waals surface area contributed by atoms with Crippen molar-refractivity contribution in [3.63, 3.8) is 0 Å². The molecule has 1 aromatic heterocycles. The molecule has 4 N–H and O–H groups in total. The Kier molecular flexibility index (Phi) is 5.07. The number of nitrogens with two attached hydrogens (primary N) is 1. The Morgan fingerprint density at radius 2 is 2.00 bits per heavy atom. The quantitative estimate of drug-likeness (QED) is 0.596. The van der Waals surface area contributed by atoms with Crippen molar-refractivity contribution >= 4 is 21.9 Å². The number of aromatic nitrogens is 2. The van der Waals surface area contributed by atoms with E-state index in [4.69, 9.17) is 10.8 Å². The van der Waals surface area contributed by atoms with E-state index in [2.05, 4.69) is 9.82 Å².